The summed E-state index contributed by atoms with van der Waals surface area (Å²) in [6, 6.07) is 0. The van der Waals surface area contributed by atoms with Gasteiger partial charge in [-0.1, -0.05) is 13.0 Å². The molecule has 0 amide bonds. The highest BCUT2D eigenvalue weighted by molar-refractivity contribution is 4.76. The summed E-state index contributed by atoms with van der Waals surface area (Å²) in [6.45, 7) is 9.05. The predicted molar refractivity (Wildman–Crippen MR) is 48.4 cm³/mol. The van der Waals surface area contributed by atoms with Gasteiger partial charge in [-0.05, 0) is 39.0 Å². The molecule has 0 saturated heterocycles. The van der Waals surface area contributed by atoms with E-state index in [4.69, 9.17) is 0 Å². The van der Waals surface area contributed by atoms with Crippen molar-refractivity contribution in [1.82, 2.24) is 0 Å². The Labute approximate surface area is 69.5 Å². The van der Waals surface area contributed by atoms with Gasteiger partial charge in [0.05, 0.1) is 0 Å². The molecule has 0 aliphatic heterocycles. The molecule has 0 nitrogen and oxygen atoms in total. The van der Waals surface area contributed by atoms with Gasteiger partial charge in [0.15, 0.2) is 0 Å². The third-order valence-corrected chi connectivity index (χ3v) is 1.83. The zero-order chi connectivity index (χ0) is 8.91. The van der Waals surface area contributed by atoms with Crippen molar-refractivity contribution in [3.8, 4) is 0 Å². The van der Waals surface area contributed by atoms with Gasteiger partial charge in [-0.3, -0.25) is 0 Å². The molecule has 0 rings (SSSR count). The molecule has 0 saturated carbocycles. The molecule has 0 radical (unpaired) electrons. The Morgan fingerprint density at radius 2 is 2.09 bits per heavy atom. The van der Waals surface area contributed by atoms with Crippen molar-refractivity contribution in [1.29, 1.82) is 0 Å². The van der Waals surface area contributed by atoms with Gasteiger partial charge in [0.1, 0.15) is 5.67 Å². The third-order valence-electron chi connectivity index (χ3n) is 1.83. The minimum absolute atomic E-state index is 0.525. The van der Waals surface area contributed by atoms with Crippen LogP contribution >= 0.6 is 0 Å². The summed E-state index contributed by atoms with van der Waals surface area (Å²) >= 11 is 0. The first kappa shape index (κ1) is 10.7. The Kier molecular flexibility index (Phi) is 4.39. The summed E-state index contributed by atoms with van der Waals surface area (Å²) in [7, 11) is 0. The van der Waals surface area contributed by atoms with Crippen molar-refractivity contribution in [2.45, 2.75) is 45.7 Å². The molecule has 0 spiro atoms. The van der Waals surface area contributed by atoms with Crippen molar-refractivity contribution in [3.63, 3.8) is 0 Å². The molecule has 0 fully saturated rings. The highest BCUT2D eigenvalue weighted by Gasteiger charge is 2.14. The average molecular weight is 158 g/mol. The van der Waals surface area contributed by atoms with Crippen LogP contribution in [-0.2, 0) is 0 Å². The van der Waals surface area contributed by atoms with E-state index in [1.807, 2.05) is 6.08 Å². The molecular formula is C10H19F. The normalized spacial score (nSPS) is 14.5. The lowest BCUT2D eigenvalue weighted by Crippen LogP contribution is -2.11. The summed E-state index contributed by atoms with van der Waals surface area (Å²) in [4.78, 5) is 0. The van der Waals surface area contributed by atoms with Gasteiger partial charge in [-0.2, -0.15) is 0 Å². The first-order valence-electron chi connectivity index (χ1n) is 4.27. The lowest BCUT2D eigenvalue weighted by Gasteiger charge is -2.14. The van der Waals surface area contributed by atoms with Gasteiger partial charge in [-0.15, -0.1) is 6.58 Å². The van der Waals surface area contributed by atoms with Crippen LogP contribution in [0, 0.1) is 5.92 Å². The maximum absolute atomic E-state index is 12.9. The van der Waals surface area contributed by atoms with Gasteiger partial charge >= 0.3 is 0 Å². The van der Waals surface area contributed by atoms with Crippen LogP contribution in [0.2, 0.25) is 0 Å². The number of hydrogen-bond donors (Lipinski definition) is 0. The summed E-state index contributed by atoms with van der Waals surface area (Å²) in [5, 5.41) is 0. The van der Waals surface area contributed by atoms with Gasteiger partial charge in [-0.25, -0.2) is 4.39 Å². The minimum Gasteiger partial charge on any atom is -0.245 e. The van der Waals surface area contributed by atoms with Gasteiger partial charge in [0.2, 0.25) is 0 Å². The second-order valence-corrected chi connectivity index (χ2v) is 3.82. The van der Waals surface area contributed by atoms with E-state index in [2.05, 4.69) is 13.5 Å². The van der Waals surface area contributed by atoms with Crippen molar-refractivity contribution in [3.05, 3.63) is 12.7 Å². The molecule has 0 N–H and O–H groups in total. The zero-order valence-corrected chi connectivity index (χ0v) is 7.86. The highest BCUT2D eigenvalue weighted by Crippen LogP contribution is 2.19. The molecule has 0 aliphatic carbocycles. The lowest BCUT2D eigenvalue weighted by molar-refractivity contribution is 0.194. The van der Waals surface area contributed by atoms with E-state index in [1.165, 1.54) is 0 Å². The second-order valence-electron chi connectivity index (χ2n) is 3.82. The number of hydrogen-bond acceptors (Lipinski definition) is 0. The zero-order valence-electron chi connectivity index (χ0n) is 7.86. The van der Waals surface area contributed by atoms with Crippen LogP contribution in [0.1, 0.15) is 40.0 Å². The fraction of sp³-hybridized carbons (Fsp3) is 0.800. The van der Waals surface area contributed by atoms with Crippen LogP contribution in [-0.4, -0.2) is 5.67 Å². The third kappa shape index (κ3) is 7.57. The summed E-state index contributed by atoms with van der Waals surface area (Å²) < 4.78 is 12.9. The van der Waals surface area contributed by atoms with Crippen LogP contribution in [0.25, 0.3) is 0 Å². The maximum Gasteiger partial charge on any atom is 0.105 e. The Morgan fingerprint density at radius 1 is 1.55 bits per heavy atom. The standard InChI is InChI=1S/C10H19F/c1-5-9(2)7-6-8-10(3,4)11/h5,9H,1,6-8H2,2-4H3. The average Bonchev–Trinajstić information content (AvgIpc) is 1.85. The molecule has 1 atom stereocenters. The summed E-state index contributed by atoms with van der Waals surface area (Å²) in [5.41, 5.74) is -0.999. The van der Waals surface area contributed by atoms with E-state index >= 15 is 0 Å². The van der Waals surface area contributed by atoms with Crippen molar-refractivity contribution < 1.29 is 4.39 Å². The van der Waals surface area contributed by atoms with Gasteiger partial charge in [0.25, 0.3) is 0 Å². The molecular weight excluding hydrogens is 139 g/mol. The highest BCUT2D eigenvalue weighted by atomic mass is 19.1. The molecule has 0 aliphatic rings. The monoisotopic (exact) mass is 158 g/mol. The van der Waals surface area contributed by atoms with E-state index < -0.39 is 5.67 Å². The fourth-order valence-corrected chi connectivity index (χ4v) is 0.962. The van der Waals surface area contributed by atoms with Crippen LogP contribution in [0.15, 0.2) is 12.7 Å². The minimum atomic E-state index is -0.999. The molecule has 0 bridgehead atoms. The number of alkyl halides is 1. The molecule has 0 aromatic carbocycles. The van der Waals surface area contributed by atoms with Crippen LogP contribution < -0.4 is 0 Å². The second kappa shape index (κ2) is 4.53. The predicted octanol–water partition coefficient (Wildman–Crippen LogP) is 3.73. The molecule has 0 aromatic heterocycles. The smallest absolute Gasteiger partial charge is 0.105 e. The molecule has 66 valence electrons. The molecule has 0 aromatic rings. The fourth-order valence-electron chi connectivity index (χ4n) is 0.962. The largest absolute Gasteiger partial charge is 0.245 e. The quantitative estimate of drug-likeness (QED) is 0.535. The first-order valence-corrected chi connectivity index (χ1v) is 4.27. The summed E-state index contributed by atoms with van der Waals surface area (Å²) in [5.74, 6) is 0.525. The van der Waals surface area contributed by atoms with E-state index in [0.717, 1.165) is 12.8 Å². The SMILES string of the molecule is C=CC(C)CCCC(C)(C)F. The van der Waals surface area contributed by atoms with Gasteiger partial charge < -0.3 is 0 Å². The van der Waals surface area contributed by atoms with Crippen LogP contribution in [0.3, 0.4) is 0 Å². The van der Waals surface area contributed by atoms with E-state index in [1.54, 1.807) is 13.8 Å². The Hall–Kier alpha value is -0.330. The first-order chi connectivity index (χ1) is 4.95. The van der Waals surface area contributed by atoms with Crippen LogP contribution in [0.4, 0.5) is 4.39 Å². The maximum atomic E-state index is 12.9. The van der Waals surface area contributed by atoms with Crippen molar-refractivity contribution >= 4 is 0 Å². The molecule has 1 heteroatoms. The van der Waals surface area contributed by atoms with Crippen LogP contribution in [0.5, 0.6) is 0 Å². The molecule has 11 heavy (non-hydrogen) atoms. The van der Waals surface area contributed by atoms with Gasteiger partial charge in [0, 0.05) is 0 Å². The van der Waals surface area contributed by atoms with E-state index in [0.29, 0.717) is 12.3 Å². The van der Waals surface area contributed by atoms with E-state index in [9.17, 15) is 4.39 Å². The topological polar surface area (TPSA) is 0 Å². The van der Waals surface area contributed by atoms with Crippen molar-refractivity contribution in [2.24, 2.45) is 5.92 Å². The number of allylic oxidation sites excluding steroid dienone is 1. The molecule has 0 heterocycles. The summed E-state index contributed by atoms with van der Waals surface area (Å²) in [6.07, 6.45) is 4.59. The Bertz CT molecular complexity index is 111. The molecule has 1 unspecified atom stereocenters. The Morgan fingerprint density at radius 3 is 2.45 bits per heavy atom. The number of halogens is 1. The van der Waals surface area contributed by atoms with Crippen molar-refractivity contribution in [2.75, 3.05) is 0 Å². The Balaban J connectivity index is 3.35. The van der Waals surface area contributed by atoms with E-state index in [-0.39, 0.29) is 0 Å². The number of rotatable bonds is 5. The lowest BCUT2D eigenvalue weighted by atomic mass is 9.98.